The zero-order valence-electron chi connectivity index (χ0n) is 12.8. The highest BCUT2D eigenvalue weighted by molar-refractivity contribution is 9.10. The lowest BCUT2D eigenvalue weighted by Gasteiger charge is -2.44. The summed E-state index contributed by atoms with van der Waals surface area (Å²) in [6.45, 7) is 11.5. The molecule has 1 heterocycles. The molecule has 1 saturated heterocycles. The predicted molar refractivity (Wildman–Crippen MR) is 92.6 cm³/mol. The van der Waals surface area contributed by atoms with Gasteiger partial charge in [-0.25, -0.2) is 0 Å². The van der Waals surface area contributed by atoms with E-state index in [2.05, 4.69) is 78.1 Å². The van der Waals surface area contributed by atoms with Gasteiger partial charge in [-0.15, -0.1) is 12.4 Å². The Hall–Kier alpha value is -0.0900. The molecule has 0 spiro atoms. The van der Waals surface area contributed by atoms with Crippen LogP contribution in [0.1, 0.15) is 39.3 Å². The Morgan fingerprint density at radius 2 is 1.80 bits per heavy atom. The molecule has 1 N–H and O–H groups in total. The van der Waals surface area contributed by atoms with Crippen molar-refractivity contribution in [2.24, 2.45) is 5.92 Å². The zero-order valence-corrected chi connectivity index (χ0v) is 15.2. The molecule has 1 aromatic carbocycles. The normalized spacial score (nSPS) is 25.3. The largest absolute Gasteiger partial charge is 0.311 e. The summed E-state index contributed by atoms with van der Waals surface area (Å²) in [6.07, 6.45) is 0. The topological polar surface area (TPSA) is 15.3 Å². The van der Waals surface area contributed by atoms with Crippen molar-refractivity contribution in [1.82, 2.24) is 10.2 Å². The van der Waals surface area contributed by atoms with Gasteiger partial charge >= 0.3 is 0 Å². The van der Waals surface area contributed by atoms with Gasteiger partial charge in [-0.05, 0) is 37.5 Å². The van der Waals surface area contributed by atoms with Crippen molar-refractivity contribution in [1.29, 1.82) is 0 Å². The van der Waals surface area contributed by atoms with Crippen molar-refractivity contribution in [2.45, 2.75) is 45.8 Å². The van der Waals surface area contributed by atoms with Gasteiger partial charge in [0, 0.05) is 35.7 Å². The molecule has 4 heteroatoms. The molecule has 114 valence electrons. The van der Waals surface area contributed by atoms with Gasteiger partial charge in [-0.1, -0.05) is 41.9 Å². The quantitative estimate of drug-likeness (QED) is 0.866. The number of piperazine rings is 1. The first-order valence-electron chi connectivity index (χ1n) is 7.23. The second-order valence-electron chi connectivity index (χ2n) is 6.10. The molecule has 0 radical (unpaired) electrons. The van der Waals surface area contributed by atoms with Crippen molar-refractivity contribution in [3.05, 3.63) is 34.3 Å². The Labute approximate surface area is 137 Å². The maximum Gasteiger partial charge on any atom is 0.0375 e. The molecule has 2 rings (SSSR count). The highest BCUT2D eigenvalue weighted by atomic mass is 79.9. The Morgan fingerprint density at radius 1 is 1.20 bits per heavy atom. The Bertz CT molecular complexity index is 407. The van der Waals surface area contributed by atoms with Gasteiger partial charge in [0.1, 0.15) is 0 Å². The first-order chi connectivity index (χ1) is 8.99. The van der Waals surface area contributed by atoms with Gasteiger partial charge in [0.25, 0.3) is 0 Å². The minimum atomic E-state index is 0. The lowest BCUT2D eigenvalue weighted by molar-refractivity contribution is 0.0697. The zero-order chi connectivity index (χ0) is 14.0. The molecule has 0 amide bonds. The predicted octanol–water partition coefficient (Wildman–Crippen LogP) is 4.25. The molecule has 0 aliphatic carbocycles. The third-order valence-electron chi connectivity index (χ3n) is 4.01. The number of halogens is 2. The molecule has 0 aromatic heterocycles. The molecule has 1 aliphatic rings. The standard InChI is InChI=1S/C16H25BrN2.ClH/c1-11(2)16(14-5-7-15(17)8-6-14)19-10-12(3)18-9-13(19)4;/h5-8,11-13,16,18H,9-10H2,1-4H3;1H/t12-,13+,16?;/m0./s1. The van der Waals surface area contributed by atoms with E-state index in [0.29, 0.717) is 24.0 Å². The third kappa shape index (κ3) is 4.20. The van der Waals surface area contributed by atoms with Crippen LogP contribution in [0.5, 0.6) is 0 Å². The van der Waals surface area contributed by atoms with Gasteiger partial charge in [0.05, 0.1) is 0 Å². The SMILES string of the molecule is CC(C)C(c1ccc(Br)cc1)N1C[C@H](C)NC[C@H]1C.Cl. The summed E-state index contributed by atoms with van der Waals surface area (Å²) in [7, 11) is 0. The smallest absolute Gasteiger partial charge is 0.0375 e. The van der Waals surface area contributed by atoms with E-state index >= 15 is 0 Å². The minimum absolute atomic E-state index is 0. The summed E-state index contributed by atoms with van der Waals surface area (Å²) in [5.74, 6) is 0.619. The van der Waals surface area contributed by atoms with Crippen LogP contribution < -0.4 is 5.32 Å². The van der Waals surface area contributed by atoms with Gasteiger partial charge in [0.15, 0.2) is 0 Å². The summed E-state index contributed by atoms with van der Waals surface area (Å²) in [6, 6.07) is 10.5. The van der Waals surface area contributed by atoms with Crippen molar-refractivity contribution in [2.75, 3.05) is 13.1 Å². The van der Waals surface area contributed by atoms with Crippen molar-refractivity contribution < 1.29 is 0 Å². The molecular weight excluding hydrogens is 336 g/mol. The van der Waals surface area contributed by atoms with Crippen LogP contribution in [0.4, 0.5) is 0 Å². The number of nitrogens with one attached hydrogen (secondary N) is 1. The van der Waals surface area contributed by atoms with Crippen LogP contribution in [-0.2, 0) is 0 Å². The first-order valence-corrected chi connectivity index (χ1v) is 8.03. The average Bonchev–Trinajstić information content (AvgIpc) is 2.36. The number of nitrogens with zero attached hydrogens (tertiary/aromatic N) is 1. The lowest BCUT2D eigenvalue weighted by Crippen LogP contribution is -2.55. The maximum absolute atomic E-state index is 3.57. The second-order valence-corrected chi connectivity index (χ2v) is 7.01. The van der Waals surface area contributed by atoms with Crippen LogP contribution in [-0.4, -0.2) is 30.1 Å². The lowest BCUT2D eigenvalue weighted by atomic mass is 9.92. The highest BCUT2D eigenvalue weighted by Gasteiger charge is 2.31. The molecule has 3 atom stereocenters. The molecule has 2 nitrogen and oxygen atoms in total. The number of hydrogen-bond donors (Lipinski definition) is 1. The van der Waals surface area contributed by atoms with Crippen LogP contribution in [0.3, 0.4) is 0 Å². The van der Waals surface area contributed by atoms with E-state index in [1.807, 2.05) is 0 Å². The average molecular weight is 362 g/mol. The van der Waals surface area contributed by atoms with E-state index < -0.39 is 0 Å². The molecule has 0 bridgehead atoms. The van der Waals surface area contributed by atoms with Crippen molar-refractivity contribution in [3.63, 3.8) is 0 Å². The summed E-state index contributed by atoms with van der Waals surface area (Å²) < 4.78 is 1.15. The first kappa shape index (κ1) is 18.0. The molecule has 1 aliphatic heterocycles. The molecule has 20 heavy (non-hydrogen) atoms. The van der Waals surface area contributed by atoms with Crippen molar-refractivity contribution >= 4 is 28.3 Å². The van der Waals surface area contributed by atoms with Gasteiger partial charge in [-0.2, -0.15) is 0 Å². The van der Waals surface area contributed by atoms with Crippen LogP contribution in [0.15, 0.2) is 28.7 Å². The van der Waals surface area contributed by atoms with Gasteiger partial charge < -0.3 is 5.32 Å². The number of rotatable bonds is 3. The molecule has 1 fully saturated rings. The van der Waals surface area contributed by atoms with E-state index in [1.54, 1.807) is 0 Å². The Kier molecular flexibility index (Phi) is 6.99. The summed E-state index contributed by atoms with van der Waals surface area (Å²) in [4.78, 5) is 2.66. The van der Waals surface area contributed by atoms with E-state index in [9.17, 15) is 0 Å². The molecule has 0 saturated carbocycles. The van der Waals surface area contributed by atoms with Crippen LogP contribution >= 0.6 is 28.3 Å². The minimum Gasteiger partial charge on any atom is -0.311 e. The van der Waals surface area contributed by atoms with Gasteiger partial charge in [-0.3, -0.25) is 4.90 Å². The number of hydrogen-bond acceptors (Lipinski definition) is 2. The van der Waals surface area contributed by atoms with E-state index in [4.69, 9.17) is 0 Å². The summed E-state index contributed by atoms with van der Waals surface area (Å²) in [5, 5.41) is 3.57. The molecule has 1 aromatic rings. The fourth-order valence-electron chi connectivity index (χ4n) is 3.06. The van der Waals surface area contributed by atoms with Crippen molar-refractivity contribution in [3.8, 4) is 0 Å². The van der Waals surface area contributed by atoms with Crippen LogP contribution in [0.2, 0.25) is 0 Å². The van der Waals surface area contributed by atoms with Gasteiger partial charge in [0.2, 0.25) is 0 Å². The molecular formula is C16H26BrClN2. The van der Waals surface area contributed by atoms with E-state index in [-0.39, 0.29) is 12.4 Å². The summed E-state index contributed by atoms with van der Waals surface area (Å²) in [5.41, 5.74) is 1.43. The highest BCUT2D eigenvalue weighted by Crippen LogP contribution is 2.32. The number of benzene rings is 1. The fraction of sp³-hybridized carbons (Fsp3) is 0.625. The fourth-order valence-corrected chi connectivity index (χ4v) is 3.32. The second kappa shape index (κ2) is 7.79. The summed E-state index contributed by atoms with van der Waals surface area (Å²) >= 11 is 3.53. The Morgan fingerprint density at radius 3 is 2.35 bits per heavy atom. The van der Waals surface area contributed by atoms with E-state index in [0.717, 1.165) is 17.6 Å². The van der Waals surface area contributed by atoms with E-state index in [1.165, 1.54) is 5.56 Å². The molecule has 1 unspecified atom stereocenters. The third-order valence-corrected chi connectivity index (χ3v) is 4.54. The Balaban J connectivity index is 0.00000200. The van der Waals surface area contributed by atoms with Crippen LogP contribution in [0, 0.1) is 5.92 Å². The maximum atomic E-state index is 3.57. The monoisotopic (exact) mass is 360 g/mol. The van der Waals surface area contributed by atoms with Crippen LogP contribution in [0.25, 0.3) is 0 Å².